The van der Waals surface area contributed by atoms with Gasteiger partial charge in [0.05, 0.1) is 6.42 Å². The Morgan fingerprint density at radius 2 is 1.76 bits per heavy atom. The molecule has 0 aliphatic rings. The number of nitrogens with two attached hydrogens (primary N) is 1. The van der Waals surface area contributed by atoms with Gasteiger partial charge in [0.1, 0.15) is 6.04 Å². The maximum absolute atomic E-state index is 11.6. The van der Waals surface area contributed by atoms with Crippen LogP contribution in [0.15, 0.2) is 0 Å². The van der Waals surface area contributed by atoms with Crippen molar-refractivity contribution in [2.24, 2.45) is 11.1 Å². The highest BCUT2D eigenvalue weighted by atomic mass is 16.4. The minimum absolute atomic E-state index is 0.0486. The standard InChI is InChI=1S/C13H23N3O5/c1-13(2,3)12(21)15-6-4-5-10(18)16-8(11(19)20)7-9(14)17/h8H,4-7H2,1-3H3,(H2,14,17)(H,15,21)(H,16,18)(H,19,20). The topological polar surface area (TPSA) is 139 Å². The molecule has 120 valence electrons. The molecule has 0 aromatic heterocycles. The fourth-order valence-corrected chi connectivity index (χ4v) is 1.38. The molecule has 8 heteroatoms. The molecule has 0 spiro atoms. The van der Waals surface area contributed by atoms with Crippen molar-refractivity contribution in [2.75, 3.05) is 6.54 Å². The molecule has 0 aliphatic carbocycles. The van der Waals surface area contributed by atoms with E-state index in [1.54, 1.807) is 20.8 Å². The molecule has 0 fully saturated rings. The van der Waals surface area contributed by atoms with Crippen molar-refractivity contribution < 1.29 is 24.3 Å². The number of carboxylic acid groups (broad SMARTS) is 1. The zero-order chi connectivity index (χ0) is 16.6. The van der Waals surface area contributed by atoms with Crippen LogP contribution in [0.4, 0.5) is 0 Å². The van der Waals surface area contributed by atoms with Crippen molar-refractivity contribution in [3.63, 3.8) is 0 Å². The van der Waals surface area contributed by atoms with Gasteiger partial charge in [-0.1, -0.05) is 20.8 Å². The summed E-state index contributed by atoms with van der Waals surface area (Å²) in [6, 6.07) is -1.32. The average molecular weight is 301 g/mol. The molecule has 0 aromatic rings. The zero-order valence-corrected chi connectivity index (χ0v) is 12.6. The lowest BCUT2D eigenvalue weighted by Gasteiger charge is -2.17. The summed E-state index contributed by atoms with van der Waals surface area (Å²) in [5, 5.41) is 13.7. The molecule has 5 N–H and O–H groups in total. The van der Waals surface area contributed by atoms with Crippen molar-refractivity contribution in [3.8, 4) is 0 Å². The fourth-order valence-electron chi connectivity index (χ4n) is 1.38. The Hall–Kier alpha value is -2.12. The van der Waals surface area contributed by atoms with Gasteiger partial charge >= 0.3 is 5.97 Å². The summed E-state index contributed by atoms with van der Waals surface area (Å²) in [7, 11) is 0. The Balaban J connectivity index is 4.07. The highest BCUT2D eigenvalue weighted by molar-refractivity contribution is 5.88. The average Bonchev–Trinajstić information content (AvgIpc) is 2.31. The number of amides is 3. The number of carbonyl (C=O) groups excluding carboxylic acids is 3. The number of carboxylic acids is 1. The molecule has 0 heterocycles. The van der Waals surface area contributed by atoms with Gasteiger partial charge in [0.2, 0.25) is 17.7 Å². The van der Waals surface area contributed by atoms with Gasteiger partial charge in [0.15, 0.2) is 0 Å². The van der Waals surface area contributed by atoms with Crippen LogP contribution in [0.25, 0.3) is 0 Å². The third-order valence-corrected chi connectivity index (χ3v) is 2.59. The molecular weight excluding hydrogens is 278 g/mol. The third kappa shape index (κ3) is 8.61. The lowest BCUT2D eigenvalue weighted by atomic mass is 9.96. The number of carbonyl (C=O) groups is 4. The van der Waals surface area contributed by atoms with E-state index in [9.17, 15) is 19.2 Å². The lowest BCUT2D eigenvalue weighted by molar-refractivity contribution is -0.143. The van der Waals surface area contributed by atoms with Crippen LogP contribution in [0.1, 0.15) is 40.0 Å². The molecule has 0 saturated carbocycles. The van der Waals surface area contributed by atoms with Crippen LogP contribution in [0.3, 0.4) is 0 Å². The Morgan fingerprint density at radius 1 is 1.19 bits per heavy atom. The molecule has 0 rings (SSSR count). The van der Waals surface area contributed by atoms with Crippen molar-refractivity contribution in [1.29, 1.82) is 0 Å². The van der Waals surface area contributed by atoms with Crippen molar-refractivity contribution in [3.05, 3.63) is 0 Å². The number of primary amides is 1. The van der Waals surface area contributed by atoms with Crippen molar-refractivity contribution in [2.45, 2.75) is 46.1 Å². The van der Waals surface area contributed by atoms with E-state index in [4.69, 9.17) is 10.8 Å². The molecule has 0 bridgehead atoms. The van der Waals surface area contributed by atoms with E-state index < -0.39 is 35.7 Å². The van der Waals surface area contributed by atoms with Gasteiger partial charge in [-0.15, -0.1) is 0 Å². The quantitative estimate of drug-likeness (QED) is 0.442. The Bertz CT molecular complexity index is 415. The van der Waals surface area contributed by atoms with Crippen LogP contribution >= 0.6 is 0 Å². The molecule has 3 amide bonds. The van der Waals surface area contributed by atoms with Crippen LogP contribution in [0, 0.1) is 5.41 Å². The van der Waals surface area contributed by atoms with Crippen LogP contribution in [-0.2, 0) is 19.2 Å². The number of hydrogen-bond donors (Lipinski definition) is 4. The summed E-state index contributed by atoms with van der Waals surface area (Å²) in [6.45, 7) is 5.64. The minimum atomic E-state index is -1.32. The van der Waals surface area contributed by atoms with Crippen molar-refractivity contribution in [1.82, 2.24) is 10.6 Å². The second kappa shape index (κ2) is 8.23. The van der Waals surface area contributed by atoms with Crippen LogP contribution in [0.5, 0.6) is 0 Å². The predicted molar refractivity (Wildman–Crippen MR) is 75.1 cm³/mol. The highest BCUT2D eigenvalue weighted by Gasteiger charge is 2.22. The normalized spacial score (nSPS) is 12.3. The van der Waals surface area contributed by atoms with Gasteiger partial charge in [-0.05, 0) is 6.42 Å². The van der Waals surface area contributed by atoms with E-state index in [1.807, 2.05) is 0 Å². The maximum Gasteiger partial charge on any atom is 0.326 e. The first kappa shape index (κ1) is 18.9. The monoisotopic (exact) mass is 301 g/mol. The first-order valence-electron chi connectivity index (χ1n) is 6.63. The second-order valence-electron chi connectivity index (χ2n) is 5.74. The lowest BCUT2D eigenvalue weighted by Crippen LogP contribution is -2.43. The van der Waals surface area contributed by atoms with Crippen LogP contribution in [-0.4, -0.2) is 41.4 Å². The molecule has 1 unspecified atom stereocenters. The minimum Gasteiger partial charge on any atom is -0.480 e. The molecule has 8 nitrogen and oxygen atoms in total. The fraction of sp³-hybridized carbons (Fsp3) is 0.692. The van der Waals surface area contributed by atoms with E-state index >= 15 is 0 Å². The van der Waals surface area contributed by atoms with Gasteiger partial charge < -0.3 is 21.5 Å². The van der Waals surface area contributed by atoms with E-state index in [1.165, 1.54) is 0 Å². The molecule has 0 saturated heterocycles. The molecule has 21 heavy (non-hydrogen) atoms. The Morgan fingerprint density at radius 3 is 2.19 bits per heavy atom. The number of nitrogens with one attached hydrogen (secondary N) is 2. The molecule has 0 radical (unpaired) electrons. The largest absolute Gasteiger partial charge is 0.480 e. The van der Waals surface area contributed by atoms with E-state index in [2.05, 4.69) is 10.6 Å². The van der Waals surface area contributed by atoms with Gasteiger partial charge in [-0.25, -0.2) is 4.79 Å². The summed E-state index contributed by atoms with van der Waals surface area (Å²) in [5.74, 6) is -2.75. The maximum atomic E-state index is 11.6. The van der Waals surface area contributed by atoms with E-state index in [0.717, 1.165) is 0 Å². The summed E-state index contributed by atoms with van der Waals surface area (Å²) >= 11 is 0. The van der Waals surface area contributed by atoms with Gasteiger partial charge in [-0.3, -0.25) is 14.4 Å². The summed E-state index contributed by atoms with van der Waals surface area (Å²) in [6.07, 6.45) is -0.0363. The molecular formula is C13H23N3O5. The van der Waals surface area contributed by atoms with Crippen LogP contribution in [0.2, 0.25) is 0 Å². The SMILES string of the molecule is CC(C)(C)C(=O)NCCCC(=O)NC(CC(N)=O)C(=O)O. The van der Waals surface area contributed by atoms with Gasteiger partial charge in [-0.2, -0.15) is 0 Å². The number of rotatable bonds is 8. The van der Waals surface area contributed by atoms with Crippen LogP contribution < -0.4 is 16.4 Å². The van der Waals surface area contributed by atoms with E-state index in [0.29, 0.717) is 13.0 Å². The predicted octanol–water partition coefficient (Wildman–Crippen LogP) is -0.626. The molecule has 0 aromatic carbocycles. The van der Waals surface area contributed by atoms with Gasteiger partial charge in [0.25, 0.3) is 0 Å². The van der Waals surface area contributed by atoms with Crippen molar-refractivity contribution >= 4 is 23.7 Å². The highest BCUT2D eigenvalue weighted by Crippen LogP contribution is 2.12. The smallest absolute Gasteiger partial charge is 0.326 e. The third-order valence-electron chi connectivity index (χ3n) is 2.59. The molecule has 1 atom stereocenters. The van der Waals surface area contributed by atoms with E-state index in [-0.39, 0.29) is 12.3 Å². The Kier molecular flexibility index (Phi) is 7.40. The first-order chi connectivity index (χ1) is 9.54. The number of hydrogen-bond acceptors (Lipinski definition) is 4. The summed E-state index contributed by atoms with van der Waals surface area (Å²) in [5.41, 5.74) is 4.40. The molecule has 0 aliphatic heterocycles. The summed E-state index contributed by atoms with van der Waals surface area (Å²) < 4.78 is 0. The number of aliphatic carboxylic acids is 1. The Labute approximate surface area is 123 Å². The van der Waals surface area contributed by atoms with Gasteiger partial charge in [0, 0.05) is 18.4 Å². The zero-order valence-electron chi connectivity index (χ0n) is 12.6. The second-order valence-corrected chi connectivity index (χ2v) is 5.74. The first-order valence-corrected chi connectivity index (χ1v) is 6.63. The summed E-state index contributed by atoms with van der Waals surface area (Å²) in [4.78, 5) is 44.6.